The summed E-state index contributed by atoms with van der Waals surface area (Å²) in [6, 6.07) is 69.7. The first-order chi connectivity index (χ1) is 29.2. The number of fused-ring (bicyclic) bond motifs is 9. The quantitative estimate of drug-likeness (QED) is 0.169. The van der Waals surface area contributed by atoms with Crippen LogP contribution in [0.15, 0.2) is 209 Å². The minimum absolute atomic E-state index is 0.644. The molecule has 0 amide bonds. The number of hydrogen-bond donors (Lipinski definition) is 0. The molecule has 0 saturated carbocycles. The van der Waals surface area contributed by atoms with Crippen molar-refractivity contribution in [2.45, 2.75) is 0 Å². The fourth-order valence-electron chi connectivity index (χ4n) is 8.68. The Balaban J connectivity index is 1.06. The summed E-state index contributed by atoms with van der Waals surface area (Å²) in [5.41, 5.74) is 12.4. The molecule has 59 heavy (non-hydrogen) atoms. The van der Waals surface area contributed by atoms with Gasteiger partial charge in [0.2, 0.25) is 0 Å². The number of furan rings is 2. The number of benzene rings is 9. The van der Waals surface area contributed by atoms with Crippen molar-refractivity contribution in [1.82, 2.24) is 9.97 Å². The van der Waals surface area contributed by atoms with Gasteiger partial charge in [-0.3, -0.25) is 0 Å². The summed E-state index contributed by atoms with van der Waals surface area (Å²) in [6.45, 7) is 0. The van der Waals surface area contributed by atoms with E-state index in [0.29, 0.717) is 5.82 Å². The average molecular weight is 756 g/mol. The van der Waals surface area contributed by atoms with Crippen molar-refractivity contribution in [2.75, 3.05) is 4.90 Å². The van der Waals surface area contributed by atoms with E-state index in [-0.39, 0.29) is 0 Å². The predicted molar refractivity (Wildman–Crippen MR) is 243 cm³/mol. The molecule has 3 aromatic heterocycles. The van der Waals surface area contributed by atoms with Gasteiger partial charge in [0.15, 0.2) is 5.82 Å². The summed E-state index contributed by atoms with van der Waals surface area (Å²) in [5.74, 6) is 0.644. The van der Waals surface area contributed by atoms with Crippen LogP contribution in [0.3, 0.4) is 0 Å². The fourth-order valence-corrected chi connectivity index (χ4v) is 8.68. The topological polar surface area (TPSA) is 55.3 Å². The maximum Gasteiger partial charge on any atom is 0.160 e. The van der Waals surface area contributed by atoms with E-state index < -0.39 is 0 Å². The predicted octanol–water partition coefficient (Wildman–Crippen LogP) is 15.1. The normalized spacial score (nSPS) is 11.7. The highest BCUT2D eigenvalue weighted by atomic mass is 16.3. The molecular weight excluding hydrogens is 723 g/mol. The molecule has 276 valence electrons. The lowest BCUT2D eigenvalue weighted by molar-refractivity contribution is 0.669. The zero-order valence-electron chi connectivity index (χ0n) is 31.7. The van der Waals surface area contributed by atoms with Gasteiger partial charge < -0.3 is 13.7 Å². The molecule has 3 heterocycles. The van der Waals surface area contributed by atoms with Crippen molar-refractivity contribution >= 4 is 82.6 Å². The van der Waals surface area contributed by atoms with E-state index in [1.54, 1.807) is 0 Å². The fraction of sp³-hybridized carbons (Fsp3) is 0. The van der Waals surface area contributed by atoms with Crippen LogP contribution in [0.4, 0.5) is 17.1 Å². The third-order valence-corrected chi connectivity index (χ3v) is 11.4. The van der Waals surface area contributed by atoms with Gasteiger partial charge in [-0.2, -0.15) is 0 Å². The van der Waals surface area contributed by atoms with Crippen LogP contribution in [-0.2, 0) is 0 Å². The van der Waals surface area contributed by atoms with Gasteiger partial charge >= 0.3 is 0 Å². The van der Waals surface area contributed by atoms with Gasteiger partial charge in [0.25, 0.3) is 0 Å². The molecule has 0 aliphatic carbocycles. The van der Waals surface area contributed by atoms with E-state index in [0.717, 1.165) is 111 Å². The molecule has 9 aromatic carbocycles. The van der Waals surface area contributed by atoms with Crippen LogP contribution in [0, 0.1) is 0 Å². The second kappa shape index (κ2) is 13.3. The molecule has 0 N–H and O–H groups in total. The molecule has 0 atom stereocenters. The second-order valence-electron chi connectivity index (χ2n) is 14.9. The van der Waals surface area contributed by atoms with Crippen LogP contribution in [-0.4, -0.2) is 9.97 Å². The van der Waals surface area contributed by atoms with E-state index in [1.807, 2.05) is 30.3 Å². The number of para-hydroxylation sites is 3. The molecule has 0 fully saturated rings. The smallest absolute Gasteiger partial charge is 0.160 e. The SMILES string of the molecule is c1ccc(-c2nc(-c3cc(-c4ccc(N(c5ccccc5)c5ccc6oc7ccccc7c6c5)cc4)c4c(c3)oc3c5ccccc5ccc34)nc3ccccc23)cc1. The van der Waals surface area contributed by atoms with Gasteiger partial charge in [0.05, 0.1) is 11.2 Å². The number of nitrogens with zero attached hydrogens (tertiary/aromatic N) is 3. The van der Waals surface area contributed by atoms with Gasteiger partial charge in [-0.15, -0.1) is 0 Å². The summed E-state index contributed by atoms with van der Waals surface area (Å²) in [5, 5.41) is 7.54. The van der Waals surface area contributed by atoms with Crippen molar-refractivity contribution in [3.05, 3.63) is 200 Å². The highest BCUT2D eigenvalue weighted by molar-refractivity contribution is 6.20. The molecule has 0 unspecified atom stereocenters. The van der Waals surface area contributed by atoms with Crippen molar-refractivity contribution in [1.29, 1.82) is 0 Å². The van der Waals surface area contributed by atoms with Gasteiger partial charge in [-0.05, 0) is 89.3 Å². The summed E-state index contributed by atoms with van der Waals surface area (Å²) in [4.78, 5) is 12.7. The molecule has 0 saturated heterocycles. The van der Waals surface area contributed by atoms with Gasteiger partial charge in [-0.25, -0.2) is 9.97 Å². The van der Waals surface area contributed by atoms with Crippen LogP contribution in [0.5, 0.6) is 0 Å². The maximum atomic E-state index is 6.86. The lowest BCUT2D eigenvalue weighted by atomic mass is 9.95. The van der Waals surface area contributed by atoms with Crippen LogP contribution < -0.4 is 4.90 Å². The third kappa shape index (κ3) is 5.47. The zero-order valence-corrected chi connectivity index (χ0v) is 31.7. The Hall–Kier alpha value is -8.02. The Morgan fingerprint density at radius 1 is 0.373 bits per heavy atom. The first-order valence-corrected chi connectivity index (χ1v) is 19.8. The molecule has 0 spiro atoms. The Labute approximate surface area is 339 Å². The molecule has 5 nitrogen and oxygen atoms in total. The Morgan fingerprint density at radius 2 is 1.05 bits per heavy atom. The first-order valence-electron chi connectivity index (χ1n) is 19.8. The van der Waals surface area contributed by atoms with Crippen LogP contribution in [0.25, 0.3) is 99.3 Å². The summed E-state index contributed by atoms with van der Waals surface area (Å²) < 4.78 is 13.1. The molecule has 12 aromatic rings. The van der Waals surface area contributed by atoms with Gasteiger partial charge in [0, 0.05) is 60.5 Å². The average Bonchev–Trinajstić information content (AvgIpc) is 3.88. The number of anilines is 3. The highest BCUT2D eigenvalue weighted by Gasteiger charge is 2.21. The molecule has 0 radical (unpaired) electrons. The summed E-state index contributed by atoms with van der Waals surface area (Å²) >= 11 is 0. The minimum atomic E-state index is 0.644. The standard InChI is InChI=1S/C54H33N3O2/c1-3-14-36(15-4-1)52-43-20-9-11-21-47(43)55-54(56-52)37-31-45(51-44-29-25-34-13-7-8-18-41(34)53(44)59-50(51)32-37)35-23-26-39(27-24-35)57(38-16-5-2-6-17-38)40-28-30-49-46(33-40)42-19-10-12-22-48(42)58-49/h1-33H. The molecule has 0 aliphatic heterocycles. The second-order valence-corrected chi connectivity index (χ2v) is 14.9. The van der Waals surface area contributed by atoms with E-state index >= 15 is 0 Å². The lowest BCUT2D eigenvalue weighted by Crippen LogP contribution is -2.09. The maximum absolute atomic E-state index is 6.86. The highest BCUT2D eigenvalue weighted by Crippen LogP contribution is 2.44. The lowest BCUT2D eigenvalue weighted by Gasteiger charge is -2.25. The summed E-state index contributed by atoms with van der Waals surface area (Å²) in [6.07, 6.45) is 0. The number of rotatable bonds is 6. The molecular formula is C54H33N3O2. The largest absolute Gasteiger partial charge is 0.456 e. The number of aromatic nitrogens is 2. The van der Waals surface area contributed by atoms with Crippen molar-refractivity contribution in [2.24, 2.45) is 0 Å². The Kier molecular flexibility index (Phi) is 7.47. The molecule has 0 bridgehead atoms. The third-order valence-electron chi connectivity index (χ3n) is 11.4. The Morgan fingerprint density at radius 3 is 1.90 bits per heavy atom. The molecule has 12 rings (SSSR count). The van der Waals surface area contributed by atoms with Crippen molar-refractivity contribution < 1.29 is 8.83 Å². The van der Waals surface area contributed by atoms with Gasteiger partial charge in [0.1, 0.15) is 22.3 Å². The Bertz CT molecular complexity index is 3550. The van der Waals surface area contributed by atoms with Crippen molar-refractivity contribution in [3.8, 4) is 33.8 Å². The summed E-state index contributed by atoms with van der Waals surface area (Å²) in [7, 11) is 0. The molecule has 0 aliphatic rings. The van der Waals surface area contributed by atoms with Crippen LogP contribution in [0.2, 0.25) is 0 Å². The van der Waals surface area contributed by atoms with E-state index in [4.69, 9.17) is 18.8 Å². The van der Waals surface area contributed by atoms with Crippen molar-refractivity contribution in [3.63, 3.8) is 0 Å². The van der Waals surface area contributed by atoms with E-state index in [1.165, 1.54) is 0 Å². The van der Waals surface area contributed by atoms with E-state index in [9.17, 15) is 0 Å². The zero-order chi connectivity index (χ0) is 38.9. The van der Waals surface area contributed by atoms with Crippen LogP contribution >= 0.6 is 0 Å². The number of hydrogen-bond acceptors (Lipinski definition) is 5. The first kappa shape index (κ1) is 33.2. The monoisotopic (exact) mass is 755 g/mol. The van der Waals surface area contributed by atoms with Crippen LogP contribution in [0.1, 0.15) is 0 Å². The molecule has 5 heteroatoms. The van der Waals surface area contributed by atoms with Gasteiger partial charge in [-0.1, -0.05) is 127 Å². The van der Waals surface area contributed by atoms with E-state index in [2.05, 4.69) is 175 Å². The minimum Gasteiger partial charge on any atom is -0.456 e.